The standard InChI is InChI=1S/C10H13N.C8H8/c1-2-9-3-5-10(6-4-9)7-8-11;1-2-8-6-4-3-5-7-8/h2-6H,1,7-8,11H2;2-7H,1H2. The molecular weight excluding hydrogens is 230 g/mol. The maximum absolute atomic E-state index is 5.41. The predicted molar refractivity (Wildman–Crippen MR) is 85.8 cm³/mol. The number of hydrogen-bond donors (Lipinski definition) is 1. The van der Waals surface area contributed by atoms with Crippen molar-refractivity contribution in [3.05, 3.63) is 84.4 Å². The Hall–Kier alpha value is -2.12. The molecule has 0 aliphatic rings. The normalized spacial score (nSPS) is 9.11. The molecule has 0 heterocycles. The van der Waals surface area contributed by atoms with E-state index in [1.807, 2.05) is 42.5 Å². The number of rotatable bonds is 4. The molecular formula is C18H21N. The molecule has 0 aromatic heterocycles. The summed E-state index contributed by atoms with van der Waals surface area (Å²) < 4.78 is 0. The summed E-state index contributed by atoms with van der Waals surface area (Å²) >= 11 is 0. The van der Waals surface area contributed by atoms with Crippen LogP contribution in [-0.2, 0) is 6.42 Å². The van der Waals surface area contributed by atoms with Crippen LogP contribution in [0, 0.1) is 0 Å². The average Bonchev–Trinajstić information content (AvgIpc) is 2.50. The van der Waals surface area contributed by atoms with Crippen molar-refractivity contribution in [1.29, 1.82) is 0 Å². The first-order chi connectivity index (χ1) is 9.30. The predicted octanol–water partition coefficient (Wildman–Crippen LogP) is 4.16. The van der Waals surface area contributed by atoms with Gasteiger partial charge in [0, 0.05) is 0 Å². The minimum absolute atomic E-state index is 0.716. The van der Waals surface area contributed by atoms with Crippen LogP contribution < -0.4 is 5.73 Å². The molecule has 19 heavy (non-hydrogen) atoms. The van der Waals surface area contributed by atoms with E-state index in [-0.39, 0.29) is 0 Å². The zero-order chi connectivity index (χ0) is 13.9. The topological polar surface area (TPSA) is 26.0 Å². The fourth-order valence-electron chi connectivity index (χ4n) is 1.58. The summed E-state index contributed by atoms with van der Waals surface area (Å²) in [6, 6.07) is 18.3. The maximum atomic E-state index is 5.41. The third-order valence-electron chi connectivity index (χ3n) is 2.68. The Morgan fingerprint density at radius 1 is 0.789 bits per heavy atom. The van der Waals surface area contributed by atoms with Crippen LogP contribution in [0.2, 0.25) is 0 Å². The third-order valence-corrected chi connectivity index (χ3v) is 2.68. The molecule has 0 saturated heterocycles. The Kier molecular flexibility index (Phi) is 7.00. The second-order valence-electron chi connectivity index (χ2n) is 4.10. The minimum Gasteiger partial charge on any atom is -0.330 e. The smallest absolute Gasteiger partial charge is 0.00367 e. The Bertz CT molecular complexity index is 483. The van der Waals surface area contributed by atoms with Gasteiger partial charge in [-0.25, -0.2) is 0 Å². The Morgan fingerprint density at radius 2 is 1.32 bits per heavy atom. The van der Waals surface area contributed by atoms with Crippen molar-refractivity contribution in [3.63, 3.8) is 0 Å². The van der Waals surface area contributed by atoms with Crippen LogP contribution in [0.5, 0.6) is 0 Å². The molecule has 0 atom stereocenters. The van der Waals surface area contributed by atoms with Gasteiger partial charge >= 0.3 is 0 Å². The molecule has 0 unspecified atom stereocenters. The van der Waals surface area contributed by atoms with E-state index in [4.69, 9.17) is 5.73 Å². The van der Waals surface area contributed by atoms with E-state index in [1.54, 1.807) is 0 Å². The first-order valence-corrected chi connectivity index (χ1v) is 6.39. The molecule has 2 aromatic carbocycles. The van der Waals surface area contributed by atoms with Crippen LogP contribution in [0.15, 0.2) is 67.8 Å². The summed E-state index contributed by atoms with van der Waals surface area (Å²) in [5, 5.41) is 0. The lowest BCUT2D eigenvalue weighted by molar-refractivity contribution is 0.969. The van der Waals surface area contributed by atoms with Crippen molar-refractivity contribution in [1.82, 2.24) is 0 Å². The zero-order valence-corrected chi connectivity index (χ0v) is 11.3. The van der Waals surface area contributed by atoms with Gasteiger partial charge in [-0.2, -0.15) is 0 Å². The van der Waals surface area contributed by atoms with E-state index >= 15 is 0 Å². The van der Waals surface area contributed by atoms with Gasteiger partial charge in [-0.15, -0.1) is 0 Å². The van der Waals surface area contributed by atoms with Gasteiger partial charge < -0.3 is 5.73 Å². The van der Waals surface area contributed by atoms with Gasteiger partial charge in [0.25, 0.3) is 0 Å². The second kappa shape index (κ2) is 8.90. The van der Waals surface area contributed by atoms with E-state index < -0.39 is 0 Å². The lowest BCUT2D eigenvalue weighted by Gasteiger charge is -1.97. The van der Waals surface area contributed by atoms with Crippen molar-refractivity contribution in [3.8, 4) is 0 Å². The summed E-state index contributed by atoms with van der Waals surface area (Å²) in [7, 11) is 0. The van der Waals surface area contributed by atoms with E-state index in [9.17, 15) is 0 Å². The van der Waals surface area contributed by atoms with Crippen molar-refractivity contribution in [2.24, 2.45) is 5.73 Å². The van der Waals surface area contributed by atoms with E-state index in [1.165, 1.54) is 11.1 Å². The van der Waals surface area contributed by atoms with Crippen LogP contribution in [0.3, 0.4) is 0 Å². The summed E-state index contributed by atoms with van der Waals surface area (Å²) in [5.41, 5.74) is 9.03. The van der Waals surface area contributed by atoms with Crippen LogP contribution >= 0.6 is 0 Å². The molecule has 0 spiro atoms. The van der Waals surface area contributed by atoms with Crippen LogP contribution in [0.1, 0.15) is 16.7 Å². The first-order valence-electron chi connectivity index (χ1n) is 6.39. The highest BCUT2D eigenvalue weighted by atomic mass is 14.5. The molecule has 2 rings (SSSR count). The van der Waals surface area contributed by atoms with Gasteiger partial charge in [-0.05, 0) is 29.7 Å². The highest BCUT2D eigenvalue weighted by Gasteiger charge is 1.89. The second-order valence-corrected chi connectivity index (χ2v) is 4.10. The van der Waals surface area contributed by atoms with E-state index in [0.717, 1.165) is 12.0 Å². The molecule has 0 aliphatic carbocycles. The van der Waals surface area contributed by atoms with Gasteiger partial charge in [-0.1, -0.05) is 79.9 Å². The molecule has 0 saturated carbocycles. The quantitative estimate of drug-likeness (QED) is 0.867. The highest BCUT2D eigenvalue weighted by molar-refractivity contribution is 5.47. The molecule has 0 aliphatic heterocycles. The number of hydrogen-bond acceptors (Lipinski definition) is 1. The summed E-state index contributed by atoms with van der Waals surface area (Å²) in [4.78, 5) is 0. The van der Waals surface area contributed by atoms with Crippen molar-refractivity contribution < 1.29 is 0 Å². The molecule has 1 heteroatoms. The molecule has 98 valence electrons. The Labute approximate surface area is 116 Å². The van der Waals surface area contributed by atoms with Crippen LogP contribution in [0.25, 0.3) is 12.2 Å². The molecule has 0 fully saturated rings. The Morgan fingerprint density at radius 3 is 1.74 bits per heavy atom. The fraction of sp³-hybridized carbons (Fsp3) is 0.111. The minimum atomic E-state index is 0.716. The SMILES string of the molecule is C=Cc1ccc(CCN)cc1.C=Cc1ccccc1. The van der Waals surface area contributed by atoms with Gasteiger partial charge in [0.1, 0.15) is 0 Å². The van der Waals surface area contributed by atoms with Crippen LogP contribution in [0.4, 0.5) is 0 Å². The van der Waals surface area contributed by atoms with Gasteiger partial charge in [0.05, 0.1) is 0 Å². The summed E-state index contributed by atoms with van der Waals surface area (Å²) in [6.45, 7) is 8.03. The summed E-state index contributed by atoms with van der Waals surface area (Å²) in [5.74, 6) is 0. The number of nitrogens with two attached hydrogens (primary N) is 1. The fourth-order valence-corrected chi connectivity index (χ4v) is 1.58. The first kappa shape index (κ1) is 14.9. The largest absolute Gasteiger partial charge is 0.330 e. The molecule has 0 amide bonds. The van der Waals surface area contributed by atoms with Gasteiger partial charge in [0.2, 0.25) is 0 Å². The van der Waals surface area contributed by atoms with E-state index in [0.29, 0.717) is 6.54 Å². The zero-order valence-electron chi connectivity index (χ0n) is 11.3. The monoisotopic (exact) mass is 251 g/mol. The maximum Gasteiger partial charge on any atom is -0.00367 e. The number of benzene rings is 2. The Balaban J connectivity index is 0.000000200. The molecule has 1 nitrogen and oxygen atoms in total. The van der Waals surface area contributed by atoms with Crippen molar-refractivity contribution in [2.45, 2.75) is 6.42 Å². The van der Waals surface area contributed by atoms with Crippen molar-refractivity contribution >= 4 is 12.2 Å². The molecule has 0 radical (unpaired) electrons. The molecule has 2 N–H and O–H groups in total. The average molecular weight is 251 g/mol. The van der Waals surface area contributed by atoms with Gasteiger partial charge in [0.15, 0.2) is 0 Å². The summed E-state index contributed by atoms with van der Waals surface area (Å²) in [6.07, 6.45) is 4.63. The molecule has 2 aromatic rings. The third kappa shape index (κ3) is 5.84. The van der Waals surface area contributed by atoms with Gasteiger partial charge in [-0.3, -0.25) is 0 Å². The lowest BCUT2D eigenvalue weighted by Crippen LogP contribution is -2.02. The lowest BCUT2D eigenvalue weighted by atomic mass is 10.1. The van der Waals surface area contributed by atoms with Crippen molar-refractivity contribution in [2.75, 3.05) is 6.54 Å². The van der Waals surface area contributed by atoms with Crippen LogP contribution in [-0.4, -0.2) is 6.54 Å². The highest BCUT2D eigenvalue weighted by Crippen LogP contribution is 2.05. The van der Waals surface area contributed by atoms with E-state index in [2.05, 4.69) is 37.4 Å². The molecule has 0 bridgehead atoms.